The van der Waals surface area contributed by atoms with Crippen LogP contribution in [0.5, 0.6) is 0 Å². The number of rotatable bonds is 1. The van der Waals surface area contributed by atoms with E-state index < -0.39 is 0 Å². The Labute approximate surface area is 51.6 Å². The van der Waals surface area contributed by atoms with Crippen LogP contribution >= 0.6 is 11.8 Å². The van der Waals surface area contributed by atoms with Gasteiger partial charge in [-0.3, -0.25) is 0 Å². The molecule has 2 N–H and O–H groups in total. The van der Waals surface area contributed by atoms with Crippen molar-refractivity contribution in [3.8, 4) is 0 Å². The highest BCUT2D eigenvalue weighted by Gasteiger charge is 2.21. The molecule has 8 heavy (non-hydrogen) atoms. The predicted molar refractivity (Wildman–Crippen MR) is 31.8 cm³/mol. The number of cyclic esters (lactones) is 1. The van der Waals surface area contributed by atoms with Gasteiger partial charge in [0.25, 0.3) is 0 Å². The van der Waals surface area contributed by atoms with Gasteiger partial charge in [-0.05, 0) is 11.8 Å². The highest BCUT2D eigenvalue weighted by molar-refractivity contribution is 8.13. The van der Waals surface area contributed by atoms with Crippen molar-refractivity contribution in [1.29, 1.82) is 0 Å². The number of hydrogen-bond donors (Lipinski definition) is 1. The number of hydrogen-bond acceptors (Lipinski definition) is 4. The van der Waals surface area contributed by atoms with Crippen molar-refractivity contribution in [2.75, 3.05) is 12.3 Å². The average Bonchev–Trinajstić information content (AvgIpc) is 2.14. The summed E-state index contributed by atoms with van der Waals surface area (Å²) in [6.45, 7) is 0.443. The molecule has 0 spiro atoms. The van der Waals surface area contributed by atoms with E-state index in [1.807, 2.05) is 0 Å². The summed E-state index contributed by atoms with van der Waals surface area (Å²) < 4.78 is 4.71. The first-order valence-electron chi connectivity index (χ1n) is 2.36. The third-order valence-electron chi connectivity index (χ3n) is 0.913. The maximum Gasteiger partial charge on any atom is 0.367 e. The Balaban J connectivity index is 2.32. The molecule has 0 aromatic rings. The van der Waals surface area contributed by atoms with Gasteiger partial charge in [0.05, 0.1) is 0 Å². The Kier molecular flexibility index (Phi) is 1.75. The Bertz CT molecular complexity index is 106. The van der Waals surface area contributed by atoms with Gasteiger partial charge in [-0.15, -0.1) is 0 Å². The van der Waals surface area contributed by atoms with Crippen LogP contribution in [0, 0.1) is 0 Å². The van der Waals surface area contributed by atoms with E-state index in [2.05, 4.69) is 0 Å². The van der Waals surface area contributed by atoms with Gasteiger partial charge in [-0.1, -0.05) is 0 Å². The minimum absolute atomic E-state index is 0.0347. The van der Waals surface area contributed by atoms with Crippen molar-refractivity contribution in [1.82, 2.24) is 0 Å². The molecule has 0 aliphatic carbocycles. The Morgan fingerprint density at radius 2 is 2.75 bits per heavy atom. The second-order valence-electron chi connectivity index (χ2n) is 1.54. The van der Waals surface area contributed by atoms with Crippen LogP contribution in [0.15, 0.2) is 0 Å². The molecule has 1 atom stereocenters. The molecule has 1 heterocycles. The molecule has 3 nitrogen and oxygen atoms in total. The zero-order valence-corrected chi connectivity index (χ0v) is 5.11. The van der Waals surface area contributed by atoms with Gasteiger partial charge < -0.3 is 10.5 Å². The van der Waals surface area contributed by atoms with Crippen LogP contribution in [0.4, 0.5) is 4.79 Å². The quantitative estimate of drug-likeness (QED) is 0.519. The maximum absolute atomic E-state index is 10.3. The van der Waals surface area contributed by atoms with Gasteiger partial charge in [0.1, 0.15) is 6.10 Å². The van der Waals surface area contributed by atoms with Crippen LogP contribution in [0.3, 0.4) is 0 Å². The zero-order chi connectivity index (χ0) is 5.98. The van der Waals surface area contributed by atoms with Gasteiger partial charge >= 0.3 is 5.30 Å². The lowest BCUT2D eigenvalue weighted by Gasteiger charge is -2.00. The number of carbonyl (C=O) groups excluding carboxylic acids is 1. The molecule has 1 unspecified atom stereocenters. The molecule has 0 aromatic carbocycles. The van der Waals surface area contributed by atoms with Crippen molar-refractivity contribution < 1.29 is 9.53 Å². The standard InChI is InChI=1S/C4H7NO2S/c5-1-3-2-8-4(6)7-3/h3H,1-2,5H2. The summed E-state index contributed by atoms with van der Waals surface area (Å²) >= 11 is 1.19. The van der Waals surface area contributed by atoms with Crippen molar-refractivity contribution in [2.45, 2.75) is 6.10 Å². The lowest BCUT2D eigenvalue weighted by atomic mass is 10.4. The number of carbonyl (C=O) groups is 1. The first-order chi connectivity index (χ1) is 3.83. The summed E-state index contributed by atoms with van der Waals surface area (Å²) in [5.41, 5.74) is 5.21. The van der Waals surface area contributed by atoms with Crippen molar-refractivity contribution in [3.63, 3.8) is 0 Å². The monoisotopic (exact) mass is 133 g/mol. The molecule has 0 bridgehead atoms. The Hall–Kier alpha value is -0.220. The topological polar surface area (TPSA) is 52.3 Å². The zero-order valence-electron chi connectivity index (χ0n) is 4.29. The fourth-order valence-electron chi connectivity index (χ4n) is 0.481. The van der Waals surface area contributed by atoms with Gasteiger partial charge in [-0.25, -0.2) is 4.79 Å². The molecule has 1 fully saturated rings. The highest BCUT2D eigenvalue weighted by atomic mass is 32.2. The first-order valence-corrected chi connectivity index (χ1v) is 3.35. The number of nitrogens with two attached hydrogens (primary N) is 1. The fraction of sp³-hybridized carbons (Fsp3) is 0.750. The molecular weight excluding hydrogens is 126 g/mol. The van der Waals surface area contributed by atoms with Crippen LogP contribution < -0.4 is 5.73 Å². The van der Waals surface area contributed by atoms with Crippen LogP contribution in [-0.2, 0) is 4.74 Å². The average molecular weight is 133 g/mol. The van der Waals surface area contributed by atoms with Crippen LogP contribution in [0.2, 0.25) is 0 Å². The highest BCUT2D eigenvalue weighted by Crippen LogP contribution is 2.17. The normalized spacial score (nSPS) is 28.1. The van der Waals surface area contributed by atoms with E-state index >= 15 is 0 Å². The fourth-order valence-corrected chi connectivity index (χ4v) is 1.21. The molecule has 0 amide bonds. The maximum atomic E-state index is 10.3. The van der Waals surface area contributed by atoms with Gasteiger partial charge in [0.2, 0.25) is 0 Å². The number of thioether (sulfide) groups is 1. The Morgan fingerprint density at radius 3 is 3.00 bits per heavy atom. The van der Waals surface area contributed by atoms with Crippen molar-refractivity contribution in [2.24, 2.45) is 5.73 Å². The molecule has 1 aliphatic rings. The molecule has 0 aromatic heterocycles. The van der Waals surface area contributed by atoms with Crippen molar-refractivity contribution in [3.05, 3.63) is 0 Å². The second kappa shape index (κ2) is 2.37. The van der Waals surface area contributed by atoms with E-state index in [0.717, 1.165) is 5.75 Å². The summed E-state index contributed by atoms with van der Waals surface area (Å²) in [5.74, 6) is 0.718. The van der Waals surface area contributed by atoms with Crippen LogP contribution in [0.25, 0.3) is 0 Å². The summed E-state index contributed by atoms with van der Waals surface area (Å²) in [6.07, 6.45) is -0.0347. The molecule has 4 heteroatoms. The minimum Gasteiger partial charge on any atom is -0.452 e. The Morgan fingerprint density at radius 1 is 2.00 bits per heavy atom. The van der Waals surface area contributed by atoms with Crippen LogP contribution in [0.1, 0.15) is 0 Å². The summed E-state index contributed by atoms with van der Waals surface area (Å²) in [5, 5.41) is -0.194. The molecular formula is C4H7NO2S. The largest absolute Gasteiger partial charge is 0.452 e. The summed E-state index contributed by atoms with van der Waals surface area (Å²) in [7, 11) is 0. The van der Waals surface area contributed by atoms with E-state index in [4.69, 9.17) is 10.5 Å². The lowest BCUT2D eigenvalue weighted by molar-refractivity contribution is 0.148. The molecule has 1 saturated heterocycles. The smallest absolute Gasteiger partial charge is 0.367 e. The van der Waals surface area contributed by atoms with E-state index in [1.54, 1.807) is 0 Å². The molecule has 0 radical (unpaired) electrons. The lowest BCUT2D eigenvalue weighted by Crippen LogP contribution is -2.21. The van der Waals surface area contributed by atoms with E-state index in [-0.39, 0.29) is 11.4 Å². The molecule has 1 rings (SSSR count). The second-order valence-corrected chi connectivity index (χ2v) is 2.49. The van der Waals surface area contributed by atoms with E-state index in [9.17, 15) is 4.79 Å². The molecule has 0 saturated carbocycles. The van der Waals surface area contributed by atoms with Crippen LogP contribution in [-0.4, -0.2) is 23.7 Å². The van der Waals surface area contributed by atoms with Crippen molar-refractivity contribution >= 4 is 17.1 Å². The SMILES string of the molecule is NCC1CSC(=O)O1. The summed E-state index contributed by atoms with van der Waals surface area (Å²) in [6, 6.07) is 0. The van der Waals surface area contributed by atoms with Gasteiger partial charge in [0, 0.05) is 12.3 Å². The van der Waals surface area contributed by atoms with E-state index in [1.165, 1.54) is 11.8 Å². The molecule has 46 valence electrons. The molecule has 1 aliphatic heterocycles. The van der Waals surface area contributed by atoms with Gasteiger partial charge in [0.15, 0.2) is 0 Å². The third-order valence-corrected chi connectivity index (χ3v) is 1.78. The predicted octanol–water partition coefficient (Wildman–Crippen LogP) is 0.197. The number of ether oxygens (including phenoxy) is 1. The summed E-state index contributed by atoms with van der Waals surface area (Å²) in [4.78, 5) is 10.3. The minimum atomic E-state index is -0.194. The van der Waals surface area contributed by atoms with E-state index in [0.29, 0.717) is 6.54 Å². The third kappa shape index (κ3) is 1.14. The van der Waals surface area contributed by atoms with Gasteiger partial charge in [-0.2, -0.15) is 0 Å². The first kappa shape index (κ1) is 5.91.